The van der Waals surface area contributed by atoms with Crippen molar-refractivity contribution in [3.05, 3.63) is 74.7 Å². The van der Waals surface area contributed by atoms with Gasteiger partial charge in [-0.2, -0.15) is 5.26 Å². The molecule has 0 spiro atoms. The number of aromatic nitrogens is 1. The summed E-state index contributed by atoms with van der Waals surface area (Å²) in [6.07, 6.45) is 1.43. The lowest BCUT2D eigenvalue weighted by Crippen LogP contribution is -2.54. The van der Waals surface area contributed by atoms with Crippen molar-refractivity contribution < 1.29 is 18.8 Å². The number of hydrogen-bond donors (Lipinski definition) is 1. The van der Waals surface area contributed by atoms with E-state index in [0.29, 0.717) is 11.1 Å². The van der Waals surface area contributed by atoms with Crippen LogP contribution in [-0.4, -0.2) is 22.4 Å². The number of hydrogen-bond acceptors (Lipinski definition) is 5. The number of benzene rings is 1. The molecule has 1 aromatic carbocycles. The number of nitrogens with one attached hydrogen (secondary N) is 1. The maximum Gasteiger partial charge on any atom is 0.335 e. The van der Waals surface area contributed by atoms with E-state index in [2.05, 4.69) is 11.4 Å². The lowest BCUT2D eigenvalue weighted by molar-refractivity contribution is -0.122. The third-order valence-corrected chi connectivity index (χ3v) is 6.83. The Kier molecular flexibility index (Phi) is 5.47. The average Bonchev–Trinajstić information content (AvgIpc) is 3.20. The molecule has 0 aliphatic carbocycles. The number of imide groups is 2. The Bertz CT molecular complexity index is 1410. The van der Waals surface area contributed by atoms with Crippen molar-refractivity contribution in [2.24, 2.45) is 0 Å². The average molecular weight is 463 g/mol. The fourth-order valence-electron chi connectivity index (χ4n) is 3.78. The van der Waals surface area contributed by atoms with E-state index in [9.17, 15) is 24.0 Å². The van der Waals surface area contributed by atoms with Gasteiger partial charge in [-0.15, -0.1) is 11.3 Å². The van der Waals surface area contributed by atoms with E-state index < -0.39 is 23.7 Å². The number of carbonyl (C=O) groups excluding carboxylic acids is 3. The Morgan fingerprint density at radius 1 is 1.09 bits per heavy atom. The standard InChI is InChI=1S/C24H19FN4O3S/c1-12-9-16(14(3)28(12)23-20(11-26)13(2)15(4)33-23)10-19-21(30)27-24(32)29(22(19)31)18-7-5-17(25)6-8-18/h5-10H,1-4H3,(H,27,30,32)/b19-10+. The van der Waals surface area contributed by atoms with E-state index in [1.165, 1.54) is 29.5 Å². The van der Waals surface area contributed by atoms with Gasteiger partial charge in [0.25, 0.3) is 11.8 Å². The van der Waals surface area contributed by atoms with Gasteiger partial charge in [0.2, 0.25) is 0 Å². The fraction of sp³-hybridized carbons (Fsp3) is 0.167. The molecular weight excluding hydrogens is 443 g/mol. The van der Waals surface area contributed by atoms with Gasteiger partial charge in [-0.05, 0) is 75.2 Å². The Hall–Kier alpha value is -4.03. The Labute approximate surface area is 193 Å². The first-order valence-electron chi connectivity index (χ1n) is 10.0. The number of aryl methyl sites for hydroxylation is 2. The second kappa shape index (κ2) is 8.15. The van der Waals surface area contributed by atoms with Crippen LogP contribution in [0.4, 0.5) is 14.9 Å². The third-order valence-electron chi connectivity index (χ3n) is 5.64. The molecule has 4 amide bonds. The summed E-state index contributed by atoms with van der Waals surface area (Å²) in [6.45, 7) is 7.56. The van der Waals surface area contributed by atoms with Crippen molar-refractivity contribution in [2.75, 3.05) is 4.90 Å². The number of barbiturate groups is 1. The van der Waals surface area contributed by atoms with E-state index in [1.807, 2.05) is 38.3 Å². The summed E-state index contributed by atoms with van der Waals surface area (Å²) < 4.78 is 15.2. The Morgan fingerprint density at radius 2 is 1.76 bits per heavy atom. The summed E-state index contributed by atoms with van der Waals surface area (Å²) >= 11 is 1.50. The molecule has 3 heterocycles. The summed E-state index contributed by atoms with van der Waals surface area (Å²) in [5, 5.41) is 12.6. The van der Waals surface area contributed by atoms with Gasteiger partial charge in [-0.1, -0.05) is 0 Å². The molecule has 7 nitrogen and oxygen atoms in total. The zero-order chi connectivity index (χ0) is 24.0. The second-order valence-corrected chi connectivity index (χ2v) is 8.87. The highest BCUT2D eigenvalue weighted by Crippen LogP contribution is 2.34. The van der Waals surface area contributed by atoms with Gasteiger partial charge >= 0.3 is 6.03 Å². The van der Waals surface area contributed by atoms with Gasteiger partial charge in [0, 0.05) is 16.3 Å². The predicted molar refractivity (Wildman–Crippen MR) is 123 cm³/mol. The van der Waals surface area contributed by atoms with Crippen LogP contribution in [0.1, 0.15) is 33.0 Å². The first-order chi connectivity index (χ1) is 15.6. The maximum absolute atomic E-state index is 13.3. The maximum atomic E-state index is 13.3. The van der Waals surface area contributed by atoms with E-state index >= 15 is 0 Å². The summed E-state index contributed by atoms with van der Waals surface area (Å²) in [5.41, 5.74) is 3.59. The Balaban J connectivity index is 1.80. The fourth-order valence-corrected chi connectivity index (χ4v) is 5.00. The SMILES string of the molecule is Cc1sc(-n2c(C)cc(/C=C3\C(=O)NC(=O)N(c4ccc(F)cc4)C3=O)c2C)c(C#N)c1C. The summed E-state index contributed by atoms with van der Waals surface area (Å²) in [4.78, 5) is 39.8. The van der Waals surface area contributed by atoms with Crippen LogP contribution in [0.15, 0.2) is 35.9 Å². The highest BCUT2D eigenvalue weighted by Gasteiger charge is 2.37. The van der Waals surface area contributed by atoms with Crippen LogP contribution in [0.3, 0.4) is 0 Å². The van der Waals surface area contributed by atoms with E-state index in [0.717, 1.165) is 43.9 Å². The van der Waals surface area contributed by atoms with Crippen molar-refractivity contribution in [1.29, 1.82) is 5.26 Å². The molecule has 0 bridgehead atoms. The number of carbonyl (C=O) groups is 3. The van der Waals surface area contributed by atoms with Gasteiger partial charge < -0.3 is 4.57 Å². The van der Waals surface area contributed by atoms with Gasteiger partial charge in [0.1, 0.15) is 22.5 Å². The smallest absolute Gasteiger partial charge is 0.308 e. The van der Waals surface area contributed by atoms with E-state index in [1.54, 1.807) is 0 Å². The molecule has 2 aromatic heterocycles. The van der Waals surface area contributed by atoms with E-state index in [4.69, 9.17) is 0 Å². The highest BCUT2D eigenvalue weighted by molar-refractivity contribution is 7.14. The van der Waals surface area contributed by atoms with Crippen molar-refractivity contribution in [3.63, 3.8) is 0 Å². The molecule has 1 aliphatic heterocycles. The number of nitrogens with zero attached hydrogens (tertiary/aromatic N) is 3. The minimum Gasteiger partial charge on any atom is -0.308 e. The van der Waals surface area contributed by atoms with Crippen LogP contribution in [0, 0.1) is 44.8 Å². The molecule has 166 valence electrons. The lowest BCUT2D eigenvalue weighted by Gasteiger charge is -2.26. The highest BCUT2D eigenvalue weighted by atomic mass is 32.1. The summed E-state index contributed by atoms with van der Waals surface area (Å²) in [5.74, 6) is -2.13. The molecule has 1 saturated heterocycles. The molecule has 1 aliphatic rings. The topological polar surface area (TPSA) is 95.2 Å². The molecule has 3 aromatic rings. The molecule has 4 rings (SSSR count). The molecule has 0 radical (unpaired) electrons. The van der Waals surface area contributed by atoms with E-state index in [-0.39, 0.29) is 11.3 Å². The normalized spacial score (nSPS) is 15.2. The number of thiophene rings is 1. The first kappa shape index (κ1) is 22.2. The van der Waals surface area contributed by atoms with Gasteiger partial charge in [-0.25, -0.2) is 14.1 Å². The number of nitriles is 1. The minimum atomic E-state index is -0.901. The first-order valence-corrected chi connectivity index (χ1v) is 10.8. The Morgan fingerprint density at radius 3 is 2.39 bits per heavy atom. The van der Waals surface area contributed by atoms with Gasteiger partial charge in [-0.3, -0.25) is 14.9 Å². The molecule has 9 heteroatoms. The molecule has 0 unspecified atom stereocenters. The van der Waals surface area contributed by atoms with Crippen LogP contribution in [0.2, 0.25) is 0 Å². The quantitative estimate of drug-likeness (QED) is 0.460. The number of rotatable bonds is 3. The van der Waals surface area contributed by atoms with Gasteiger partial charge in [0.15, 0.2) is 0 Å². The zero-order valence-corrected chi connectivity index (χ0v) is 19.1. The summed E-state index contributed by atoms with van der Waals surface area (Å²) in [7, 11) is 0. The molecule has 1 fully saturated rings. The third kappa shape index (κ3) is 3.64. The number of halogens is 1. The molecule has 1 N–H and O–H groups in total. The monoisotopic (exact) mass is 462 g/mol. The van der Waals surface area contributed by atoms with Crippen LogP contribution < -0.4 is 10.2 Å². The number of urea groups is 1. The van der Waals surface area contributed by atoms with Crippen molar-refractivity contribution in [1.82, 2.24) is 9.88 Å². The van der Waals surface area contributed by atoms with Gasteiger partial charge in [0.05, 0.1) is 11.3 Å². The lowest BCUT2D eigenvalue weighted by atomic mass is 10.1. The molecular formula is C24H19FN4O3S. The van der Waals surface area contributed by atoms with Crippen molar-refractivity contribution in [3.8, 4) is 11.1 Å². The largest absolute Gasteiger partial charge is 0.335 e. The van der Waals surface area contributed by atoms with Crippen LogP contribution in [0.25, 0.3) is 11.1 Å². The van der Waals surface area contributed by atoms with Crippen LogP contribution >= 0.6 is 11.3 Å². The van der Waals surface area contributed by atoms with Crippen molar-refractivity contribution in [2.45, 2.75) is 27.7 Å². The predicted octanol–water partition coefficient (Wildman–Crippen LogP) is 4.45. The van der Waals surface area contributed by atoms with Crippen molar-refractivity contribution >= 4 is 40.9 Å². The molecule has 0 saturated carbocycles. The second-order valence-electron chi connectivity index (χ2n) is 7.67. The molecule has 0 atom stereocenters. The number of amides is 4. The summed E-state index contributed by atoms with van der Waals surface area (Å²) in [6, 6.07) is 8.00. The van der Waals surface area contributed by atoms with Crippen LogP contribution in [0.5, 0.6) is 0 Å². The zero-order valence-electron chi connectivity index (χ0n) is 18.3. The number of anilines is 1. The molecule has 33 heavy (non-hydrogen) atoms. The minimum absolute atomic E-state index is 0.144. The van der Waals surface area contributed by atoms with Crippen LogP contribution in [-0.2, 0) is 9.59 Å².